The van der Waals surface area contributed by atoms with Crippen molar-refractivity contribution in [2.75, 3.05) is 25.1 Å². The molecule has 3 heterocycles. The number of carboxylic acids is 2. The molecule has 0 amide bonds. The Morgan fingerprint density at radius 1 is 1.18 bits per heavy atom. The molecule has 2 aromatic rings. The minimum atomic E-state index is -1.36. The molecule has 28 heavy (non-hydrogen) atoms. The molecule has 1 fully saturated rings. The lowest BCUT2D eigenvalue weighted by atomic mass is 10.1. The fourth-order valence-corrected chi connectivity index (χ4v) is 3.18. The summed E-state index contributed by atoms with van der Waals surface area (Å²) in [4.78, 5) is 32.9. The fourth-order valence-electron chi connectivity index (χ4n) is 3.18. The number of carboxylic acid groups (broad SMARTS) is 2. The lowest BCUT2D eigenvalue weighted by molar-refractivity contribution is 0.0646. The molecule has 1 saturated heterocycles. The number of aromatic carboxylic acids is 2. The van der Waals surface area contributed by atoms with Crippen molar-refractivity contribution < 1.29 is 29.3 Å². The van der Waals surface area contributed by atoms with Gasteiger partial charge in [0.2, 0.25) is 5.88 Å². The third-order valence-corrected chi connectivity index (χ3v) is 4.58. The smallest absolute Gasteiger partial charge is 0.355 e. The van der Waals surface area contributed by atoms with E-state index in [9.17, 15) is 19.8 Å². The zero-order chi connectivity index (χ0) is 20.3. The highest BCUT2D eigenvalue weighted by Crippen LogP contribution is 2.26. The first kappa shape index (κ1) is 19.4. The molecule has 0 atom stereocenters. The Bertz CT molecular complexity index is 876. The molecule has 0 radical (unpaired) electrons. The van der Waals surface area contributed by atoms with Crippen LogP contribution in [0.4, 0.5) is 5.82 Å². The van der Waals surface area contributed by atoms with Crippen LogP contribution in [0.5, 0.6) is 11.6 Å². The summed E-state index contributed by atoms with van der Waals surface area (Å²) in [5.74, 6) is -0.995. The number of rotatable bonds is 6. The van der Waals surface area contributed by atoms with Crippen molar-refractivity contribution in [1.82, 2.24) is 9.97 Å². The van der Waals surface area contributed by atoms with Gasteiger partial charge in [0.15, 0.2) is 5.69 Å². The van der Waals surface area contributed by atoms with Crippen molar-refractivity contribution in [3.05, 3.63) is 41.2 Å². The second kappa shape index (κ2) is 8.12. The van der Waals surface area contributed by atoms with Crippen LogP contribution in [0.1, 0.15) is 39.3 Å². The van der Waals surface area contributed by atoms with Crippen LogP contribution < -0.4 is 14.4 Å². The summed E-state index contributed by atoms with van der Waals surface area (Å²) in [6.07, 6.45) is 3.05. The topological polar surface area (TPSA) is 122 Å². The number of anilines is 1. The molecule has 148 valence electrons. The number of ether oxygens (including phenoxy) is 2. The van der Waals surface area contributed by atoms with Gasteiger partial charge in [-0.3, -0.25) is 0 Å². The lowest BCUT2D eigenvalue weighted by Gasteiger charge is -2.33. The highest BCUT2D eigenvalue weighted by molar-refractivity contribution is 6.00. The Kier molecular flexibility index (Phi) is 5.62. The number of methoxy groups -OCH3 is 1. The van der Waals surface area contributed by atoms with E-state index in [1.165, 1.54) is 6.07 Å². The number of hydrogen-bond donors (Lipinski definition) is 2. The van der Waals surface area contributed by atoms with Crippen LogP contribution in [-0.2, 0) is 0 Å². The standard InChI is InChI=1S/C19H21N3O6/c1-11-9-14(18(23)24)16(19(25)26)21-17(11)22-7-5-12(6-8-22)28-13-3-4-15(27-2)20-10-13/h3-4,9-10,12H,5-8H2,1-2H3,(H,23,24)(H,25,26). The Labute approximate surface area is 161 Å². The van der Waals surface area contributed by atoms with E-state index in [0.29, 0.717) is 36.1 Å². The van der Waals surface area contributed by atoms with Gasteiger partial charge >= 0.3 is 11.9 Å². The van der Waals surface area contributed by atoms with Crippen LogP contribution in [0.25, 0.3) is 0 Å². The molecule has 9 nitrogen and oxygen atoms in total. The third-order valence-electron chi connectivity index (χ3n) is 4.58. The number of pyridine rings is 2. The Balaban J connectivity index is 1.69. The van der Waals surface area contributed by atoms with E-state index in [0.717, 1.165) is 12.8 Å². The van der Waals surface area contributed by atoms with Gasteiger partial charge in [-0.1, -0.05) is 0 Å². The van der Waals surface area contributed by atoms with Gasteiger partial charge in [-0.15, -0.1) is 0 Å². The van der Waals surface area contributed by atoms with Crippen molar-refractivity contribution in [2.45, 2.75) is 25.9 Å². The first-order chi connectivity index (χ1) is 13.4. The van der Waals surface area contributed by atoms with E-state index >= 15 is 0 Å². The van der Waals surface area contributed by atoms with Crippen molar-refractivity contribution in [2.24, 2.45) is 0 Å². The van der Waals surface area contributed by atoms with E-state index < -0.39 is 17.6 Å². The monoisotopic (exact) mass is 387 g/mol. The normalized spacial score (nSPS) is 14.6. The maximum absolute atomic E-state index is 11.4. The number of piperidine rings is 1. The molecule has 2 aromatic heterocycles. The second-order valence-electron chi connectivity index (χ2n) is 6.48. The maximum Gasteiger partial charge on any atom is 0.355 e. The van der Waals surface area contributed by atoms with Crippen molar-refractivity contribution in [1.29, 1.82) is 0 Å². The number of carbonyl (C=O) groups is 2. The van der Waals surface area contributed by atoms with Crippen LogP contribution in [0.15, 0.2) is 24.4 Å². The summed E-state index contributed by atoms with van der Waals surface area (Å²) in [6, 6.07) is 4.89. The second-order valence-corrected chi connectivity index (χ2v) is 6.48. The molecule has 2 N–H and O–H groups in total. The zero-order valence-corrected chi connectivity index (χ0v) is 15.6. The summed E-state index contributed by atoms with van der Waals surface area (Å²) in [5, 5.41) is 18.5. The summed E-state index contributed by atoms with van der Waals surface area (Å²) in [6.45, 7) is 2.97. The van der Waals surface area contributed by atoms with Gasteiger partial charge in [-0.25, -0.2) is 19.6 Å². The van der Waals surface area contributed by atoms with Crippen molar-refractivity contribution in [3.63, 3.8) is 0 Å². The molecule has 0 saturated carbocycles. The van der Waals surface area contributed by atoms with Gasteiger partial charge in [-0.05, 0) is 24.6 Å². The fraction of sp³-hybridized carbons (Fsp3) is 0.368. The minimum Gasteiger partial charge on any atom is -0.489 e. The van der Waals surface area contributed by atoms with Gasteiger partial charge in [0, 0.05) is 32.0 Å². The molecular weight excluding hydrogens is 366 g/mol. The Hall–Kier alpha value is -3.36. The lowest BCUT2D eigenvalue weighted by Crippen LogP contribution is -2.39. The number of nitrogens with zero attached hydrogens (tertiary/aromatic N) is 3. The summed E-state index contributed by atoms with van der Waals surface area (Å²) in [5.41, 5.74) is -0.129. The highest BCUT2D eigenvalue weighted by atomic mass is 16.5. The zero-order valence-electron chi connectivity index (χ0n) is 15.6. The first-order valence-electron chi connectivity index (χ1n) is 8.79. The molecule has 0 aromatic carbocycles. The largest absolute Gasteiger partial charge is 0.489 e. The van der Waals surface area contributed by atoms with Crippen LogP contribution in [0.2, 0.25) is 0 Å². The minimum absolute atomic E-state index is 0.00369. The molecule has 0 bridgehead atoms. The van der Waals surface area contributed by atoms with Crippen molar-refractivity contribution in [3.8, 4) is 11.6 Å². The predicted molar refractivity (Wildman–Crippen MR) is 99.5 cm³/mol. The van der Waals surface area contributed by atoms with E-state index in [2.05, 4.69) is 9.97 Å². The van der Waals surface area contributed by atoms with E-state index in [1.54, 1.807) is 32.4 Å². The third kappa shape index (κ3) is 4.13. The molecule has 9 heteroatoms. The van der Waals surface area contributed by atoms with Crippen molar-refractivity contribution >= 4 is 17.8 Å². The van der Waals surface area contributed by atoms with E-state index in [-0.39, 0.29) is 11.7 Å². The van der Waals surface area contributed by atoms with Crippen LogP contribution >= 0.6 is 0 Å². The summed E-state index contributed by atoms with van der Waals surface area (Å²) in [7, 11) is 1.55. The summed E-state index contributed by atoms with van der Waals surface area (Å²) < 4.78 is 11.0. The number of aromatic nitrogens is 2. The van der Waals surface area contributed by atoms with Gasteiger partial charge in [0.1, 0.15) is 17.7 Å². The SMILES string of the molecule is COc1ccc(OC2CCN(c3nc(C(=O)O)c(C(=O)O)cc3C)CC2)cn1. The molecule has 3 rings (SSSR count). The van der Waals surface area contributed by atoms with Crippen LogP contribution in [0.3, 0.4) is 0 Å². The van der Waals surface area contributed by atoms with Gasteiger partial charge < -0.3 is 24.6 Å². The van der Waals surface area contributed by atoms with E-state index in [4.69, 9.17) is 9.47 Å². The average Bonchev–Trinajstić information content (AvgIpc) is 2.69. The van der Waals surface area contributed by atoms with Gasteiger partial charge in [0.05, 0.1) is 18.9 Å². The average molecular weight is 387 g/mol. The molecule has 1 aliphatic heterocycles. The number of aryl methyl sites for hydroxylation is 1. The van der Waals surface area contributed by atoms with Gasteiger partial charge in [-0.2, -0.15) is 0 Å². The van der Waals surface area contributed by atoms with Crippen LogP contribution in [-0.4, -0.2) is 58.4 Å². The maximum atomic E-state index is 11.4. The molecule has 0 aliphatic carbocycles. The molecule has 1 aliphatic rings. The molecule has 0 spiro atoms. The molecule has 0 unspecified atom stereocenters. The first-order valence-corrected chi connectivity index (χ1v) is 8.79. The Morgan fingerprint density at radius 3 is 2.43 bits per heavy atom. The van der Waals surface area contributed by atoms with Gasteiger partial charge in [0.25, 0.3) is 0 Å². The van der Waals surface area contributed by atoms with E-state index in [1.807, 2.05) is 4.90 Å². The number of hydrogen-bond acceptors (Lipinski definition) is 7. The molecular formula is C19H21N3O6. The Morgan fingerprint density at radius 2 is 1.89 bits per heavy atom. The highest BCUT2D eigenvalue weighted by Gasteiger charge is 2.26. The summed E-state index contributed by atoms with van der Waals surface area (Å²) >= 11 is 0. The van der Waals surface area contributed by atoms with Crippen LogP contribution in [0, 0.1) is 6.92 Å². The predicted octanol–water partition coefficient (Wildman–Crippen LogP) is 2.24. The quantitative estimate of drug-likeness (QED) is 0.768.